The van der Waals surface area contributed by atoms with Gasteiger partial charge in [-0.1, -0.05) is 6.07 Å². The highest BCUT2D eigenvalue weighted by Crippen LogP contribution is 2.17. The third kappa shape index (κ3) is 3.01. The van der Waals surface area contributed by atoms with Gasteiger partial charge in [0.25, 0.3) is 0 Å². The van der Waals surface area contributed by atoms with Gasteiger partial charge < -0.3 is 10.5 Å². The van der Waals surface area contributed by atoms with Crippen LogP contribution in [0, 0.1) is 6.92 Å². The second-order valence-corrected chi connectivity index (χ2v) is 6.27. The smallest absolute Gasteiger partial charge is 0.240 e. The number of nitrogen functional groups attached to an aromatic ring is 1. The van der Waals surface area contributed by atoms with Crippen molar-refractivity contribution in [2.24, 2.45) is 0 Å². The summed E-state index contributed by atoms with van der Waals surface area (Å²) < 4.78 is 32.0. The van der Waals surface area contributed by atoms with Crippen LogP contribution in [-0.4, -0.2) is 27.7 Å². The van der Waals surface area contributed by atoms with E-state index >= 15 is 0 Å². The summed E-state index contributed by atoms with van der Waals surface area (Å²) in [5.74, 6) is 0. The van der Waals surface area contributed by atoms with Crippen molar-refractivity contribution in [2.45, 2.75) is 30.8 Å². The Balaban J connectivity index is 2.07. The molecule has 0 amide bonds. The number of anilines is 1. The summed E-state index contributed by atoms with van der Waals surface area (Å²) in [6.45, 7) is 2.87. The number of ether oxygens (including phenoxy) is 1. The average molecular weight is 270 g/mol. The highest BCUT2D eigenvalue weighted by Gasteiger charge is 2.20. The average Bonchev–Trinajstić information content (AvgIpc) is 2.83. The minimum Gasteiger partial charge on any atom is -0.398 e. The molecule has 1 aromatic rings. The van der Waals surface area contributed by atoms with Gasteiger partial charge in [0.15, 0.2) is 0 Å². The van der Waals surface area contributed by atoms with Crippen LogP contribution in [0.1, 0.15) is 18.4 Å². The normalized spacial score (nSPS) is 20.2. The summed E-state index contributed by atoms with van der Waals surface area (Å²) >= 11 is 0. The molecule has 3 N–H and O–H groups in total. The van der Waals surface area contributed by atoms with Crippen molar-refractivity contribution in [1.29, 1.82) is 0 Å². The van der Waals surface area contributed by atoms with Crippen molar-refractivity contribution in [3.8, 4) is 0 Å². The second-order valence-electron chi connectivity index (χ2n) is 4.51. The molecule has 1 heterocycles. The summed E-state index contributed by atoms with van der Waals surface area (Å²) in [5, 5.41) is 0. The van der Waals surface area contributed by atoms with Crippen LogP contribution in [0.25, 0.3) is 0 Å². The van der Waals surface area contributed by atoms with E-state index in [-0.39, 0.29) is 11.0 Å². The lowest BCUT2D eigenvalue weighted by Crippen LogP contribution is -2.31. The zero-order valence-corrected chi connectivity index (χ0v) is 11.2. The summed E-state index contributed by atoms with van der Waals surface area (Å²) in [6.07, 6.45) is 1.88. The van der Waals surface area contributed by atoms with Gasteiger partial charge in [-0.25, -0.2) is 13.1 Å². The molecule has 0 spiro atoms. The van der Waals surface area contributed by atoms with Gasteiger partial charge in [-0.3, -0.25) is 0 Å². The van der Waals surface area contributed by atoms with Crippen LogP contribution in [0.5, 0.6) is 0 Å². The molecule has 1 aromatic carbocycles. The molecule has 0 bridgehead atoms. The van der Waals surface area contributed by atoms with Crippen LogP contribution in [0.2, 0.25) is 0 Å². The molecule has 1 aliphatic heterocycles. The minimum absolute atomic E-state index is 0.0115. The maximum atomic E-state index is 12.0. The molecule has 2 rings (SSSR count). The fourth-order valence-electron chi connectivity index (χ4n) is 1.88. The number of nitrogens with one attached hydrogen (secondary N) is 1. The van der Waals surface area contributed by atoms with Gasteiger partial charge in [-0.05, 0) is 37.5 Å². The topological polar surface area (TPSA) is 81.4 Å². The van der Waals surface area contributed by atoms with Gasteiger partial charge in [0.2, 0.25) is 10.0 Å². The van der Waals surface area contributed by atoms with E-state index in [9.17, 15) is 8.42 Å². The third-order valence-corrected chi connectivity index (χ3v) is 4.51. The number of benzene rings is 1. The zero-order chi connectivity index (χ0) is 13.2. The van der Waals surface area contributed by atoms with E-state index in [1.165, 1.54) is 6.07 Å². The molecule has 1 unspecified atom stereocenters. The van der Waals surface area contributed by atoms with Gasteiger partial charge >= 0.3 is 0 Å². The van der Waals surface area contributed by atoms with Crippen LogP contribution < -0.4 is 10.5 Å². The van der Waals surface area contributed by atoms with Gasteiger partial charge in [0.1, 0.15) is 0 Å². The van der Waals surface area contributed by atoms with Crippen LogP contribution in [0.15, 0.2) is 23.1 Å². The SMILES string of the molecule is Cc1ccc(S(=O)(=O)NCC2CCCO2)cc1N. The van der Waals surface area contributed by atoms with Crippen molar-refractivity contribution in [3.05, 3.63) is 23.8 Å². The molecule has 0 aromatic heterocycles. The van der Waals surface area contributed by atoms with Gasteiger partial charge in [-0.2, -0.15) is 0 Å². The summed E-state index contributed by atoms with van der Waals surface area (Å²) in [7, 11) is -3.50. The van der Waals surface area contributed by atoms with Gasteiger partial charge in [-0.15, -0.1) is 0 Å². The van der Waals surface area contributed by atoms with E-state index in [2.05, 4.69) is 4.72 Å². The number of aryl methyl sites for hydroxylation is 1. The van der Waals surface area contributed by atoms with Gasteiger partial charge in [0.05, 0.1) is 11.0 Å². The lowest BCUT2D eigenvalue weighted by molar-refractivity contribution is 0.114. The van der Waals surface area contributed by atoms with E-state index in [1.54, 1.807) is 12.1 Å². The largest absolute Gasteiger partial charge is 0.398 e. The highest BCUT2D eigenvalue weighted by atomic mass is 32.2. The summed E-state index contributed by atoms with van der Waals surface area (Å²) in [4.78, 5) is 0.198. The third-order valence-electron chi connectivity index (χ3n) is 3.09. The number of sulfonamides is 1. The predicted octanol–water partition coefficient (Wildman–Crippen LogP) is 1.03. The van der Waals surface area contributed by atoms with Crippen LogP contribution in [0.3, 0.4) is 0 Å². The molecule has 6 heteroatoms. The Bertz CT molecular complexity index is 522. The molecule has 1 atom stereocenters. The Labute approximate surface area is 107 Å². The quantitative estimate of drug-likeness (QED) is 0.801. The predicted molar refractivity (Wildman–Crippen MR) is 69.8 cm³/mol. The Morgan fingerprint density at radius 3 is 2.89 bits per heavy atom. The molecule has 100 valence electrons. The Morgan fingerprint density at radius 2 is 2.28 bits per heavy atom. The number of rotatable bonds is 4. The first-order chi connectivity index (χ1) is 8.49. The maximum absolute atomic E-state index is 12.0. The molecule has 0 aliphatic carbocycles. The number of hydrogen-bond acceptors (Lipinski definition) is 4. The van der Waals surface area contributed by atoms with Crippen molar-refractivity contribution >= 4 is 15.7 Å². The fraction of sp³-hybridized carbons (Fsp3) is 0.500. The number of hydrogen-bond donors (Lipinski definition) is 2. The monoisotopic (exact) mass is 270 g/mol. The van der Waals surface area contributed by atoms with Crippen molar-refractivity contribution in [1.82, 2.24) is 4.72 Å². The van der Waals surface area contributed by atoms with E-state index in [4.69, 9.17) is 10.5 Å². The van der Waals surface area contributed by atoms with Crippen LogP contribution >= 0.6 is 0 Å². The van der Waals surface area contributed by atoms with Crippen LogP contribution in [0.4, 0.5) is 5.69 Å². The molecular formula is C12H18N2O3S. The minimum atomic E-state index is -3.50. The first-order valence-corrected chi connectivity index (χ1v) is 7.45. The lowest BCUT2D eigenvalue weighted by Gasteiger charge is -2.12. The molecule has 1 aliphatic rings. The summed E-state index contributed by atoms with van der Waals surface area (Å²) in [6, 6.07) is 4.74. The van der Waals surface area contributed by atoms with E-state index in [1.807, 2.05) is 6.92 Å². The second kappa shape index (κ2) is 5.26. The van der Waals surface area contributed by atoms with Crippen molar-refractivity contribution in [2.75, 3.05) is 18.9 Å². The van der Waals surface area contributed by atoms with E-state index in [0.717, 1.165) is 18.4 Å². The zero-order valence-electron chi connectivity index (χ0n) is 10.3. The molecule has 0 radical (unpaired) electrons. The maximum Gasteiger partial charge on any atom is 0.240 e. The first-order valence-electron chi connectivity index (χ1n) is 5.96. The van der Waals surface area contributed by atoms with Crippen molar-refractivity contribution < 1.29 is 13.2 Å². The molecule has 1 fully saturated rings. The molecule has 1 saturated heterocycles. The van der Waals surface area contributed by atoms with Crippen LogP contribution in [-0.2, 0) is 14.8 Å². The molecular weight excluding hydrogens is 252 g/mol. The Morgan fingerprint density at radius 1 is 1.50 bits per heavy atom. The highest BCUT2D eigenvalue weighted by molar-refractivity contribution is 7.89. The summed E-state index contributed by atoms with van der Waals surface area (Å²) in [5.41, 5.74) is 7.07. The molecule has 5 nitrogen and oxygen atoms in total. The standard InChI is InChI=1S/C12H18N2O3S/c1-9-4-5-11(7-12(9)13)18(15,16)14-8-10-3-2-6-17-10/h4-5,7,10,14H,2-3,6,8,13H2,1H3. The van der Waals surface area contributed by atoms with Crippen molar-refractivity contribution in [3.63, 3.8) is 0 Å². The van der Waals surface area contributed by atoms with E-state index < -0.39 is 10.0 Å². The van der Waals surface area contributed by atoms with Gasteiger partial charge in [0, 0.05) is 18.8 Å². The Kier molecular flexibility index (Phi) is 3.89. The number of nitrogens with two attached hydrogens (primary N) is 1. The first kappa shape index (κ1) is 13.3. The molecule has 0 saturated carbocycles. The Hall–Kier alpha value is -1.11. The fourth-order valence-corrected chi connectivity index (χ4v) is 2.98. The van der Waals surface area contributed by atoms with E-state index in [0.29, 0.717) is 18.8 Å². The molecule has 18 heavy (non-hydrogen) atoms. The lowest BCUT2D eigenvalue weighted by atomic mass is 10.2.